The summed E-state index contributed by atoms with van der Waals surface area (Å²) in [4.78, 5) is 14.9. The van der Waals surface area contributed by atoms with E-state index in [2.05, 4.69) is 4.98 Å². The molecule has 0 unspecified atom stereocenters. The molecule has 110 valence electrons. The Morgan fingerprint density at radius 2 is 2.00 bits per heavy atom. The van der Waals surface area contributed by atoms with Crippen LogP contribution >= 0.6 is 23.2 Å². The van der Waals surface area contributed by atoms with E-state index in [4.69, 9.17) is 38.4 Å². The first-order valence-corrected chi connectivity index (χ1v) is 6.87. The fourth-order valence-electron chi connectivity index (χ4n) is 1.96. The largest absolute Gasteiger partial charge is 0.464 e. The van der Waals surface area contributed by atoms with Gasteiger partial charge in [-0.05, 0) is 25.7 Å². The van der Waals surface area contributed by atoms with E-state index in [-0.39, 0.29) is 27.7 Å². The van der Waals surface area contributed by atoms with Gasteiger partial charge >= 0.3 is 5.97 Å². The number of anilines is 1. The lowest BCUT2D eigenvalue weighted by atomic mass is 10.3. The maximum atomic E-state index is 13.3. The van der Waals surface area contributed by atoms with Crippen LogP contribution in [0.3, 0.4) is 0 Å². The number of carbonyl (C=O) groups is 1. The number of nitrogens with zero attached hydrogens (tertiary/aromatic N) is 1. The van der Waals surface area contributed by atoms with Crippen molar-refractivity contribution < 1.29 is 18.7 Å². The fraction of sp³-hybridized carbons (Fsp3) is 0.500. The summed E-state index contributed by atoms with van der Waals surface area (Å²) in [5, 5.41) is -0.513. The molecule has 2 N–H and O–H groups in total. The molecular formula is C12H13Cl2FN2O3. The van der Waals surface area contributed by atoms with E-state index in [0.717, 1.165) is 25.7 Å². The highest BCUT2D eigenvalue weighted by atomic mass is 35.5. The fourth-order valence-corrected chi connectivity index (χ4v) is 2.34. The molecule has 1 aliphatic rings. The smallest absolute Gasteiger partial charge is 0.344 e. The number of pyridine rings is 1. The Bertz CT molecular complexity index is 522. The van der Waals surface area contributed by atoms with Crippen LogP contribution in [0.4, 0.5) is 10.1 Å². The summed E-state index contributed by atoms with van der Waals surface area (Å²) in [5.41, 5.74) is 5.30. The van der Waals surface area contributed by atoms with Gasteiger partial charge in [-0.3, -0.25) is 0 Å². The predicted molar refractivity (Wildman–Crippen MR) is 72.5 cm³/mol. The number of hydrogen-bond donors (Lipinski definition) is 1. The average Bonchev–Trinajstić information content (AvgIpc) is 2.92. The van der Waals surface area contributed by atoms with E-state index < -0.39 is 18.5 Å². The van der Waals surface area contributed by atoms with E-state index in [1.54, 1.807) is 0 Å². The quantitative estimate of drug-likeness (QED) is 0.681. The summed E-state index contributed by atoms with van der Waals surface area (Å²) in [5.74, 6) is -1.84. The molecule has 0 spiro atoms. The van der Waals surface area contributed by atoms with Crippen LogP contribution in [0.15, 0.2) is 0 Å². The zero-order valence-electron chi connectivity index (χ0n) is 10.5. The zero-order valence-corrected chi connectivity index (χ0v) is 12.0. The second-order valence-corrected chi connectivity index (χ2v) is 5.19. The minimum absolute atomic E-state index is 0.0680. The van der Waals surface area contributed by atoms with Gasteiger partial charge in [0.15, 0.2) is 6.61 Å². The molecule has 1 heterocycles. The van der Waals surface area contributed by atoms with Crippen molar-refractivity contribution in [2.75, 3.05) is 12.3 Å². The third kappa shape index (κ3) is 3.43. The van der Waals surface area contributed by atoms with Crippen LogP contribution in [0.5, 0.6) is 5.88 Å². The van der Waals surface area contributed by atoms with Gasteiger partial charge in [-0.2, -0.15) is 9.37 Å². The number of carbonyl (C=O) groups excluding carboxylic acids is 1. The summed E-state index contributed by atoms with van der Waals surface area (Å²) in [6.07, 6.45) is 3.73. The number of halogens is 3. The minimum Gasteiger partial charge on any atom is -0.464 e. The van der Waals surface area contributed by atoms with Crippen molar-refractivity contribution in [1.29, 1.82) is 0 Å². The molecule has 1 saturated carbocycles. The first kappa shape index (κ1) is 15.1. The monoisotopic (exact) mass is 322 g/mol. The van der Waals surface area contributed by atoms with Crippen molar-refractivity contribution in [3.63, 3.8) is 0 Å². The Hall–Kier alpha value is -1.27. The van der Waals surface area contributed by atoms with E-state index in [9.17, 15) is 9.18 Å². The molecule has 1 aromatic heterocycles. The highest BCUT2D eigenvalue weighted by Gasteiger charge is 2.21. The van der Waals surface area contributed by atoms with Crippen LogP contribution in [0.2, 0.25) is 10.0 Å². The molecule has 8 heteroatoms. The first-order valence-electron chi connectivity index (χ1n) is 6.11. The van der Waals surface area contributed by atoms with E-state index in [1.165, 1.54) is 0 Å². The van der Waals surface area contributed by atoms with Gasteiger partial charge in [-0.1, -0.05) is 23.2 Å². The Morgan fingerprint density at radius 1 is 1.35 bits per heavy atom. The molecule has 2 rings (SSSR count). The van der Waals surface area contributed by atoms with Crippen molar-refractivity contribution in [1.82, 2.24) is 4.98 Å². The highest BCUT2D eigenvalue weighted by molar-refractivity contribution is 6.39. The summed E-state index contributed by atoms with van der Waals surface area (Å²) < 4.78 is 23.5. The lowest BCUT2D eigenvalue weighted by Crippen LogP contribution is -2.21. The third-order valence-corrected chi connectivity index (χ3v) is 3.69. The SMILES string of the molecule is Nc1c(Cl)c(F)nc(OCC(=O)OC2CCCC2)c1Cl. The van der Waals surface area contributed by atoms with Crippen molar-refractivity contribution in [3.8, 4) is 5.88 Å². The lowest BCUT2D eigenvalue weighted by Gasteiger charge is -2.12. The lowest BCUT2D eigenvalue weighted by molar-refractivity contribution is -0.151. The molecule has 1 aromatic rings. The maximum absolute atomic E-state index is 13.3. The van der Waals surface area contributed by atoms with Crippen LogP contribution < -0.4 is 10.5 Å². The van der Waals surface area contributed by atoms with Crippen molar-refractivity contribution in [3.05, 3.63) is 16.0 Å². The van der Waals surface area contributed by atoms with Gasteiger partial charge in [-0.15, -0.1) is 0 Å². The number of rotatable bonds is 4. The maximum Gasteiger partial charge on any atom is 0.344 e. The number of ether oxygens (including phenoxy) is 2. The standard InChI is InChI=1S/C12H13Cl2FN2O3/c13-8-10(16)9(14)12(17-11(8)15)19-5-7(18)20-6-3-1-2-4-6/h6H,1-5H2,(H2,16,17). The summed E-state index contributed by atoms with van der Waals surface area (Å²) >= 11 is 11.3. The minimum atomic E-state index is -1.01. The van der Waals surface area contributed by atoms with E-state index >= 15 is 0 Å². The van der Waals surface area contributed by atoms with Gasteiger partial charge in [0, 0.05) is 0 Å². The van der Waals surface area contributed by atoms with Crippen LogP contribution in [0, 0.1) is 5.95 Å². The Labute approximate surface area is 125 Å². The molecule has 1 aliphatic carbocycles. The molecule has 0 aromatic carbocycles. The molecule has 0 amide bonds. The van der Waals surface area contributed by atoms with Crippen LogP contribution in [0.1, 0.15) is 25.7 Å². The number of aromatic nitrogens is 1. The predicted octanol–water partition coefficient (Wildman–Crippen LogP) is 2.97. The van der Waals surface area contributed by atoms with Gasteiger partial charge in [0.25, 0.3) is 0 Å². The average molecular weight is 323 g/mol. The van der Waals surface area contributed by atoms with E-state index in [1.807, 2.05) is 0 Å². The van der Waals surface area contributed by atoms with Crippen LogP contribution in [-0.4, -0.2) is 23.7 Å². The Morgan fingerprint density at radius 3 is 2.65 bits per heavy atom. The van der Waals surface area contributed by atoms with E-state index in [0.29, 0.717) is 0 Å². The van der Waals surface area contributed by atoms with Crippen LogP contribution in [0.25, 0.3) is 0 Å². The van der Waals surface area contributed by atoms with Crippen molar-refractivity contribution >= 4 is 34.9 Å². The Balaban J connectivity index is 1.95. The third-order valence-electron chi connectivity index (χ3n) is 2.97. The highest BCUT2D eigenvalue weighted by Crippen LogP contribution is 2.35. The Kier molecular flexibility index (Phi) is 4.88. The topological polar surface area (TPSA) is 74.4 Å². The second kappa shape index (κ2) is 6.45. The molecule has 0 aliphatic heterocycles. The molecule has 0 radical (unpaired) electrons. The molecule has 0 bridgehead atoms. The normalized spacial score (nSPS) is 15.3. The van der Waals surface area contributed by atoms with Crippen molar-refractivity contribution in [2.45, 2.75) is 31.8 Å². The number of hydrogen-bond acceptors (Lipinski definition) is 5. The summed E-state index contributed by atoms with van der Waals surface area (Å²) in [7, 11) is 0. The zero-order chi connectivity index (χ0) is 14.7. The van der Waals surface area contributed by atoms with Gasteiger partial charge < -0.3 is 15.2 Å². The molecule has 20 heavy (non-hydrogen) atoms. The summed E-state index contributed by atoms with van der Waals surface area (Å²) in [6, 6.07) is 0. The first-order chi connectivity index (χ1) is 9.49. The summed E-state index contributed by atoms with van der Waals surface area (Å²) in [6.45, 7) is -0.413. The molecular weight excluding hydrogens is 310 g/mol. The van der Waals surface area contributed by atoms with Gasteiger partial charge in [-0.25, -0.2) is 4.79 Å². The number of nitrogens with two attached hydrogens (primary N) is 1. The number of esters is 1. The molecule has 5 nitrogen and oxygen atoms in total. The second-order valence-electron chi connectivity index (χ2n) is 4.43. The number of nitrogen functional groups attached to an aromatic ring is 1. The van der Waals surface area contributed by atoms with Gasteiger partial charge in [0.2, 0.25) is 11.8 Å². The van der Waals surface area contributed by atoms with Gasteiger partial charge in [0.05, 0.1) is 5.69 Å². The van der Waals surface area contributed by atoms with Crippen molar-refractivity contribution in [2.24, 2.45) is 0 Å². The molecule has 0 atom stereocenters. The molecule has 1 fully saturated rings. The van der Waals surface area contributed by atoms with Crippen LogP contribution in [-0.2, 0) is 9.53 Å². The van der Waals surface area contributed by atoms with Gasteiger partial charge in [0.1, 0.15) is 16.1 Å². The molecule has 0 saturated heterocycles.